The number of alkyl halides is 1. The molecule has 2 unspecified atom stereocenters. The molecule has 1 aliphatic rings. The number of methoxy groups -OCH3 is 1. The maximum atomic E-state index is 11.3. The molecule has 1 aliphatic carbocycles. The van der Waals surface area contributed by atoms with Crippen LogP contribution in [0, 0.1) is 5.92 Å². The highest BCUT2D eigenvalue weighted by atomic mass is 35.5. The molecule has 10 heteroatoms. The molecule has 0 heterocycles. The zero-order valence-electron chi connectivity index (χ0n) is 15.2. The Balaban J connectivity index is 1.99. The van der Waals surface area contributed by atoms with E-state index in [2.05, 4.69) is 4.99 Å². The second-order valence-electron chi connectivity index (χ2n) is 6.09. The lowest BCUT2D eigenvalue weighted by molar-refractivity contribution is 0.269. The lowest BCUT2D eigenvalue weighted by Crippen LogP contribution is -2.27. The summed E-state index contributed by atoms with van der Waals surface area (Å²) in [7, 11) is -2.20. The van der Waals surface area contributed by atoms with Crippen LogP contribution in [0.5, 0.6) is 0 Å². The van der Waals surface area contributed by atoms with Crippen LogP contribution in [0.15, 0.2) is 68.9 Å². The minimum absolute atomic E-state index is 0.0655. The van der Waals surface area contributed by atoms with Crippen LogP contribution in [0.4, 0.5) is 0 Å². The number of sulfonamides is 1. The van der Waals surface area contributed by atoms with Gasteiger partial charge in [-0.15, -0.1) is 11.6 Å². The number of halogens is 2. The number of hydrogen-bond acceptors (Lipinski definition) is 5. The van der Waals surface area contributed by atoms with E-state index in [4.69, 9.17) is 44.5 Å². The number of ether oxygens (including phenoxy) is 1. The first-order valence-electron chi connectivity index (χ1n) is 8.28. The first-order valence-corrected chi connectivity index (χ1v) is 10.6. The monoisotopic (exact) mass is 444 g/mol. The van der Waals surface area contributed by atoms with Gasteiger partial charge in [0.15, 0.2) is 0 Å². The van der Waals surface area contributed by atoms with Crippen LogP contribution in [0.3, 0.4) is 0 Å². The second kappa shape index (κ2) is 9.47. The molecule has 0 bridgehead atoms. The zero-order chi connectivity index (χ0) is 20.9. The lowest BCUT2D eigenvalue weighted by Gasteiger charge is -2.25. The van der Waals surface area contributed by atoms with Crippen molar-refractivity contribution in [1.29, 1.82) is 0 Å². The molecule has 0 aliphatic heterocycles. The zero-order valence-corrected chi connectivity index (χ0v) is 17.5. The molecule has 1 aromatic carbocycles. The van der Waals surface area contributed by atoms with Crippen LogP contribution >= 0.6 is 23.2 Å². The van der Waals surface area contributed by atoms with Gasteiger partial charge in [-0.2, -0.15) is 0 Å². The van der Waals surface area contributed by atoms with Crippen LogP contribution in [0.2, 0.25) is 0 Å². The predicted octanol–water partition coefficient (Wildman–Crippen LogP) is 1.97. The smallest absolute Gasteiger partial charge is 0.238 e. The van der Waals surface area contributed by atoms with Gasteiger partial charge < -0.3 is 16.2 Å². The first-order chi connectivity index (χ1) is 13.1. The van der Waals surface area contributed by atoms with E-state index in [1.807, 2.05) is 0 Å². The second-order valence-corrected chi connectivity index (χ2v) is 8.53. The summed E-state index contributed by atoms with van der Waals surface area (Å²) < 4.78 is 27.7. The van der Waals surface area contributed by atoms with Crippen molar-refractivity contribution in [3.05, 3.63) is 64.5 Å². The Bertz CT molecular complexity index is 938. The van der Waals surface area contributed by atoms with E-state index in [1.165, 1.54) is 19.2 Å². The molecule has 1 aromatic rings. The number of nitrogens with two attached hydrogens (primary N) is 3. The average molecular weight is 445 g/mol. The average Bonchev–Trinajstić information content (AvgIpc) is 2.61. The number of amidine groups is 1. The molecular weight excluding hydrogens is 423 g/mol. The normalized spacial score (nSPS) is 21.1. The fraction of sp³-hybridized carbons (Fsp3) is 0.278. The number of primary sulfonamides is 1. The fourth-order valence-electron chi connectivity index (χ4n) is 2.63. The highest BCUT2D eigenvalue weighted by molar-refractivity contribution is 7.89. The van der Waals surface area contributed by atoms with E-state index in [1.54, 1.807) is 30.4 Å². The van der Waals surface area contributed by atoms with Crippen molar-refractivity contribution in [2.24, 2.45) is 27.5 Å². The number of benzene rings is 1. The maximum absolute atomic E-state index is 11.3. The number of nitrogens with zero attached hydrogens (tertiary/aromatic N) is 1. The first kappa shape index (κ1) is 22.3. The van der Waals surface area contributed by atoms with E-state index >= 15 is 0 Å². The van der Waals surface area contributed by atoms with E-state index < -0.39 is 15.4 Å². The van der Waals surface area contributed by atoms with Gasteiger partial charge in [-0.3, -0.25) is 4.99 Å². The SMILES string of the molecule is COC1=C(Cl)C=CC(/C(N)=C/C(N)=NCCc2ccc(S(N)(=O)=O)cc2)C1Cl. The van der Waals surface area contributed by atoms with Crippen molar-refractivity contribution >= 4 is 39.1 Å². The van der Waals surface area contributed by atoms with Crippen LogP contribution in [0.1, 0.15) is 5.56 Å². The van der Waals surface area contributed by atoms with Gasteiger partial charge in [-0.1, -0.05) is 29.8 Å². The molecule has 0 radical (unpaired) electrons. The highest BCUT2D eigenvalue weighted by Crippen LogP contribution is 2.33. The minimum atomic E-state index is -3.70. The largest absolute Gasteiger partial charge is 0.498 e. The Morgan fingerprint density at radius 1 is 1.29 bits per heavy atom. The van der Waals surface area contributed by atoms with Gasteiger partial charge in [0.05, 0.1) is 17.0 Å². The van der Waals surface area contributed by atoms with Crippen molar-refractivity contribution in [2.45, 2.75) is 16.7 Å². The van der Waals surface area contributed by atoms with Crippen molar-refractivity contribution in [3.8, 4) is 0 Å². The number of hydrogen-bond donors (Lipinski definition) is 3. The molecule has 152 valence electrons. The van der Waals surface area contributed by atoms with Gasteiger partial charge >= 0.3 is 0 Å². The van der Waals surface area contributed by atoms with Gasteiger partial charge in [0.2, 0.25) is 10.0 Å². The fourth-order valence-corrected chi connectivity index (χ4v) is 3.90. The summed E-state index contributed by atoms with van der Waals surface area (Å²) >= 11 is 12.4. The van der Waals surface area contributed by atoms with Gasteiger partial charge in [-0.25, -0.2) is 13.6 Å². The molecule has 0 saturated heterocycles. The Labute approximate surface area is 174 Å². The third-order valence-electron chi connectivity index (χ3n) is 4.12. The highest BCUT2D eigenvalue weighted by Gasteiger charge is 2.29. The Hall–Kier alpha value is -2.00. The van der Waals surface area contributed by atoms with Crippen LogP contribution in [-0.4, -0.2) is 33.3 Å². The minimum Gasteiger partial charge on any atom is -0.498 e. The molecular formula is C18H22Cl2N4O3S. The lowest BCUT2D eigenvalue weighted by atomic mass is 9.95. The molecule has 2 rings (SSSR count). The Morgan fingerprint density at radius 3 is 2.50 bits per heavy atom. The molecule has 6 N–H and O–H groups in total. The van der Waals surface area contributed by atoms with E-state index in [0.29, 0.717) is 29.5 Å². The standard InChI is InChI=1S/C18H22Cl2N4O3S/c1-27-18-14(19)7-6-13(17(18)20)15(21)10-16(22)24-9-8-11-2-4-12(5-3-11)28(23,25)26/h2-7,10,13,17H,8-9,21H2,1H3,(H2,22,24)(H2,23,25,26)/b15-10-. The van der Waals surface area contributed by atoms with Crippen molar-refractivity contribution in [3.63, 3.8) is 0 Å². The summed E-state index contributed by atoms with van der Waals surface area (Å²) in [6.07, 6.45) is 5.60. The number of aliphatic imine (C=N–C) groups is 1. The van der Waals surface area contributed by atoms with E-state index in [-0.39, 0.29) is 16.6 Å². The molecule has 0 amide bonds. The summed E-state index contributed by atoms with van der Waals surface area (Å²) in [6.45, 7) is 0.407. The van der Waals surface area contributed by atoms with Gasteiger partial charge in [-0.05, 0) is 36.3 Å². The van der Waals surface area contributed by atoms with Crippen molar-refractivity contribution in [1.82, 2.24) is 0 Å². The third-order valence-corrected chi connectivity index (χ3v) is 5.83. The maximum Gasteiger partial charge on any atom is 0.238 e. The number of allylic oxidation sites excluding steroid dienone is 4. The topological polar surface area (TPSA) is 134 Å². The predicted molar refractivity (Wildman–Crippen MR) is 112 cm³/mol. The molecule has 28 heavy (non-hydrogen) atoms. The summed E-state index contributed by atoms with van der Waals surface area (Å²) in [4.78, 5) is 4.33. The molecule has 0 aromatic heterocycles. The Kier molecular flexibility index (Phi) is 7.54. The Morgan fingerprint density at radius 2 is 1.93 bits per heavy atom. The molecule has 7 nitrogen and oxygen atoms in total. The van der Waals surface area contributed by atoms with Crippen LogP contribution in [0.25, 0.3) is 0 Å². The molecule has 0 fully saturated rings. The summed E-state index contributed by atoms with van der Waals surface area (Å²) in [5, 5.41) is 4.97. The van der Waals surface area contributed by atoms with Crippen LogP contribution in [-0.2, 0) is 21.2 Å². The van der Waals surface area contributed by atoms with Gasteiger partial charge in [0.1, 0.15) is 17.0 Å². The summed E-state index contributed by atoms with van der Waals surface area (Å²) in [5.74, 6) is 0.389. The summed E-state index contributed by atoms with van der Waals surface area (Å²) in [6, 6.07) is 6.28. The summed E-state index contributed by atoms with van der Waals surface area (Å²) in [5.41, 5.74) is 13.4. The van der Waals surface area contributed by atoms with E-state index in [0.717, 1.165) is 5.56 Å². The molecule has 0 saturated carbocycles. The van der Waals surface area contributed by atoms with Gasteiger partial charge in [0, 0.05) is 18.2 Å². The van der Waals surface area contributed by atoms with Gasteiger partial charge in [0.25, 0.3) is 0 Å². The van der Waals surface area contributed by atoms with Crippen LogP contribution < -0.4 is 16.6 Å². The van der Waals surface area contributed by atoms with Crippen molar-refractivity contribution < 1.29 is 13.2 Å². The molecule has 0 spiro atoms. The van der Waals surface area contributed by atoms with Crippen molar-refractivity contribution in [2.75, 3.05) is 13.7 Å². The third kappa shape index (κ3) is 5.75. The van der Waals surface area contributed by atoms with E-state index in [9.17, 15) is 8.42 Å². The number of rotatable bonds is 7. The quantitative estimate of drug-likeness (QED) is 0.335. The molecule has 2 atom stereocenters.